The van der Waals surface area contributed by atoms with Gasteiger partial charge in [-0.2, -0.15) is 0 Å². The Labute approximate surface area is 84.8 Å². The molecule has 4 nitrogen and oxygen atoms in total. The molecule has 2 N–H and O–H groups in total. The Kier molecular flexibility index (Phi) is 3.35. The lowest BCUT2D eigenvalue weighted by molar-refractivity contribution is -0.136. The highest BCUT2D eigenvalue weighted by molar-refractivity contribution is 14.1. The number of carboxylic acid groups (broad SMARTS) is 1. The van der Waals surface area contributed by atoms with Crippen molar-refractivity contribution in [1.29, 1.82) is 0 Å². The number of rotatable bonds is 3. The summed E-state index contributed by atoms with van der Waals surface area (Å²) in [5, 5.41) is 17.6. The van der Waals surface area contributed by atoms with Crippen LogP contribution in [0.4, 0.5) is 0 Å². The van der Waals surface area contributed by atoms with Gasteiger partial charge in [-0.15, -0.1) is 0 Å². The fourth-order valence-electron chi connectivity index (χ4n) is 0.935. The number of hydrogen-bond donors (Lipinski definition) is 2. The van der Waals surface area contributed by atoms with Gasteiger partial charge in [0, 0.05) is 0 Å². The molecular formula is C8H7IO4. The van der Waals surface area contributed by atoms with E-state index < -0.39 is 27.2 Å². The van der Waals surface area contributed by atoms with Crippen LogP contribution in [-0.2, 0) is 14.3 Å². The van der Waals surface area contributed by atoms with Crippen LogP contribution in [0.25, 0.3) is 0 Å². The number of phenolic OH excluding ortho intramolecular Hbond substituents is 1. The number of halogens is 1. The molecule has 1 aromatic rings. The fraction of sp³-hybridized carbons (Fsp3) is 0.125. The Balaban J connectivity index is 3.07. The molecule has 0 aliphatic rings. The number of aliphatic carboxylic acids is 1. The monoisotopic (exact) mass is 294 g/mol. The lowest BCUT2D eigenvalue weighted by Crippen LogP contribution is -2.01. The van der Waals surface area contributed by atoms with Gasteiger partial charge < -0.3 is 10.2 Å². The average molecular weight is 294 g/mol. The molecule has 0 atom stereocenters. The van der Waals surface area contributed by atoms with E-state index in [0.717, 1.165) is 0 Å². The van der Waals surface area contributed by atoms with Gasteiger partial charge in [0.25, 0.3) is 0 Å². The second-order valence-corrected chi connectivity index (χ2v) is 4.03. The predicted molar refractivity (Wildman–Crippen MR) is 52.9 cm³/mol. The van der Waals surface area contributed by atoms with E-state index in [1.807, 2.05) is 0 Å². The standard InChI is InChI=1S/C8H7IO4/c10-6-1-2-7(9-13)5(3-6)4-8(11)12/h1-3,10H,4H2,(H,11,12). The van der Waals surface area contributed by atoms with Gasteiger partial charge >= 0.3 is 5.97 Å². The summed E-state index contributed by atoms with van der Waals surface area (Å²) in [5.41, 5.74) is 0.426. The molecule has 0 radical (unpaired) electrons. The van der Waals surface area contributed by atoms with Gasteiger partial charge in [0.15, 0.2) is 21.2 Å². The SMILES string of the molecule is O=Ic1ccc(O)cc1CC(=O)O. The molecule has 1 rings (SSSR count). The molecule has 0 bridgehead atoms. The zero-order valence-corrected chi connectivity index (χ0v) is 8.69. The summed E-state index contributed by atoms with van der Waals surface area (Å²) < 4.78 is 11.2. The van der Waals surface area contributed by atoms with E-state index >= 15 is 0 Å². The highest BCUT2D eigenvalue weighted by atomic mass is 127. The van der Waals surface area contributed by atoms with Crippen molar-refractivity contribution in [3.8, 4) is 5.75 Å². The largest absolute Gasteiger partial charge is 0.508 e. The first-order valence-corrected chi connectivity index (χ1v) is 5.40. The second kappa shape index (κ2) is 4.31. The Morgan fingerprint density at radius 2 is 2.15 bits per heavy atom. The molecule has 1 aromatic carbocycles. The molecule has 0 saturated heterocycles. The first kappa shape index (κ1) is 10.1. The maximum absolute atomic E-state index is 10.7. The predicted octanol–water partition coefficient (Wildman–Crippen LogP) is 1.51. The van der Waals surface area contributed by atoms with Gasteiger partial charge in [-0.3, -0.25) is 7.86 Å². The number of phenols is 1. The van der Waals surface area contributed by atoms with E-state index in [2.05, 4.69) is 0 Å². The van der Waals surface area contributed by atoms with E-state index in [4.69, 9.17) is 10.2 Å². The Bertz CT molecular complexity index is 348. The van der Waals surface area contributed by atoms with E-state index in [1.54, 1.807) is 0 Å². The fourth-order valence-corrected chi connectivity index (χ4v) is 1.89. The van der Waals surface area contributed by atoms with Gasteiger partial charge in [0.1, 0.15) is 5.75 Å². The quantitative estimate of drug-likeness (QED) is 0.829. The zero-order valence-electron chi connectivity index (χ0n) is 6.53. The van der Waals surface area contributed by atoms with Crippen molar-refractivity contribution < 1.29 is 18.1 Å². The molecular weight excluding hydrogens is 287 g/mol. The maximum atomic E-state index is 10.7. The second-order valence-electron chi connectivity index (χ2n) is 2.42. The number of hydrogen-bond acceptors (Lipinski definition) is 3. The number of carboxylic acids is 1. The number of carbonyl (C=O) groups is 1. The first-order chi connectivity index (χ1) is 6.13. The van der Waals surface area contributed by atoms with E-state index in [9.17, 15) is 7.86 Å². The van der Waals surface area contributed by atoms with Crippen molar-refractivity contribution in [2.75, 3.05) is 0 Å². The van der Waals surface area contributed by atoms with E-state index in [0.29, 0.717) is 9.13 Å². The molecule has 0 heterocycles. The van der Waals surface area contributed by atoms with Gasteiger partial charge in [0.05, 0.1) is 9.99 Å². The summed E-state index contributed by atoms with van der Waals surface area (Å²) in [7, 11) is 0. The molecule has 0 spiro atoms. The Morgan fingerprint density at radius 3 is 2.69 bits per heavy atom. The molecule has 0 unspecified atom stereocenters. The summed E-state index contributed by atoms with van der Waals surface area (Å²) in [6, 6.07) is 4.23. The summed E-state index contributed by atoms with van der Waals surface area (Å²) in [4.78, 5) is 10.4. The van der Waals surface area contributed by atoms with Crippen molar-refractivity contribution >= 4 is 27.2 Å². The molecule has 0 amide bonds. The molecule has 5 heteroatoms. The molecule has 0 aromatic heterocycles. The van der Waals surface area contributed by atoms with Crippen LogP contribution in [0.2, 0.25) is 0 Å². The van der Waals surface area contributed by atoms with Crippen LogP contribution in [0.5, 0.6) is 5.75 Å². The minimum Gasteiger partial charge on any atom is -0.508 e. The van der Waals surface area contributed by atoms with Gasteiger partial charge in [-0.1, -0.05) is 0 Å². The highest BCUT2D eigenvalue weighted by Gasteiger charge is 2.07. The lowest BCUT2D eigenvalue weighted by Gasteiger charge is -2.00. The summed E-state index contributed by atoms with van der Waals surface area (Å²) in [6.45, 7) is 0. The third kappa shape index (κ3) is 2.76. The summed E-state index contributed by atoms with van der Waals surface area (Å²) in [5.74, 6) is -0.998. The minimum absolute atomic E-state index is 0.00235. The van der Waals surface area contributed by atoms with Gasteiger partial charge in [-0.25, -0.2) is 0 Å². The molecule has 70 valence electrons. The number of benzene rings is 1. The lowest BCUT2D eigenvalue weighted by atomic mass is 10.1. The molecule has 13 heavy (non-hydrogen) atoms. The van der Waals surface area contributed by atoms with Gasteiger partial charge in [-0.05, 0) is 23.8 Å². The molecule has 0 saturated carbocycles. The normalized spacial score (nSPS) is 9.85. The molecule has 0 aliphatic heterocycles. The van der Waals surface area contributed by atoms with Crippen LogP contribution in [0, 0.1) is 3.57 Å². The van der Waals surface area contributed by atoms with Crippen molar-refractivity contribution in [2.45, 2.75) is 6.42 Å². The summed E-state index contributed by atoms with van der Waals surface area (Å²) in [6.07, 6.45) is -0.203. The van der Waals surface area contributed by atoms with Crippen LogP contribution < -0.4 is 0 Å². The van der Waals surface area contributed by atoms with Crippen LogP contribution in [0.1, 0.15) is 5.56 Å². The topological polar surface area (TPSA) is 74.6 Å². The van der Waals surface area contributed by atoms with Crippen LogP contribution >= 0.6 is 21.2 Å². The van der Waals surface area contributed by atoms with Crippen molar-refractivity contribution in [1.82, 2.24) is 0 Å². The van der Waals surface area contributed by atoms with Crippen molar-refractivity contribution in [3.63, 3.8) is 0 Å². The summed E-state index contributed by atoms with van der Waals surface area (Å²) >= 11 is -1.38. The molecule has 0 aliphatic carbocycles. The third-order valence-corrected chi connectivity index (χ3v) is 2.98. The first-order valence-electron chi connectivity index (χ1n) is 3.44. The maximum Gasteiger partial charge on any atom is 0.307 e. The van der Waals surface area contributed by atoms with Crippen molar-refractivity contribution in [3.05, 3.63) is 27.3 Å². The third-order valence-electron chi connectivity index (χ3n) is 1.45. The van der Waals surface area contributed by atoms with Crippen molar-refractivity contribution in [2.24, 2.45) is 0 Å². The minimum atomic E-state index is -1.38. The van der Waals surface area contributed by atoms with Crippen LogP contribution in [0.3, 0.4) is 0 Å². The average Bonchev–Trinajstić information content (AvgIpc) is 2.03. The van der Waals surface area contributed by atoms with E-state index in [-0.39, 0.29) is 12.2 Å². The Morgan fingerprint density at radius 1 is 1.46 bits per heavy atom. The van der Waals surface area contributed by atoms with E-state index in [1.165, 1.54) is 18.2 Å². The number of aromatic hydroxyl groups is 1. The molecule has 0 fully saturated rings. The van der Waals surface area contributed by atoms with Crippen LogP contribution in [0.15, 0.2) is 18.2 Å². The highest BCUT2D eigenvalue weighted by Crippen LogP contribution is 2.21. The smallest absolute Gasteiger partial charge is 0.307 e. The Hall–Kier alpha value is -0.980. The zero-order chi connectivity index (χ0) is 9.84. The van der Waals surface area contributed by atoms with Crippen LogP contribution in [-0.4, -0.2) is 16.2 Å². The van der Waals surface area contributed by atoms with Gasteiger partial charge in [0.2, 0.25) is 0 Å².